The van der Waals surface area contributed by atoms with Gasteiger partial charge in [0.1, 0.15) is 17.3 Å². The fraction of sp³-hybridized carbons (Fsp3) is 0.235. The number of hydrogen-bond donors (Lipinski definition) is 0. The van der Waals surface area contributed by atoms with Crippen LogP contribution in [-0.2, 0) is 19.6 Å². The maximum atomic E-state index is 13.6. The molecule has 0 atom stereocenters. The summed E-state index contributed by atoms with van der Waals surface area (Å²) in [6.07, 6.45) is 1.34. The fourth-order valence-electron chi connectivity index (χ4n) is 2.65. The molecule has 1 aliphatic rings. The molecule has 1 aromatic heterocycles. The second kappa shape index (κ2) is 6.95. The van der Waals surface area contributed by atoms with E-state index in [1.165, 1.54) is 43.5 Å². The number of aryl methyl sites for hydroxylation is 1. The van der Waals surface area contributed by atoms with E-state index < -0.39 is 34.4 Å². The number of pyridine rings is 1. The van der Waals surface area contributed by atoms with Crippen LogP contribution in [0.1, 0.15) is 12.5 Å². The number of halogens is 1. The summed E-state index contributed by atoms with van der Waals surface area (Å²) >= 11 is 0. The fourth-order valence-corrected chi connectivity index (χ4v) is 4.08. The first-order valence-corrected chi connectivity index (χ1v) is 9.45. The number of aromatic nitrogens is 1. The Balaban J connectivity index is 2.17. The summed E-state index contributed by atoms with van der Waals surface area (Å²) in [4.78, 5) is 29.6. The van der Waals surface area contributed by atoms with Gasteiger partial charge in [0.15, 0.2) is 5.82 Å². The minimum Gasteiger partial charge on any atom is -0.465 e. The quantitative estimate of drug-likeness (QED) is 0.740. The highest BCUT2D eigenvalue weighted by atomic mass is 32.2. The Bertz CT molecular complexity index is 1020. The minimum absolute atomic E-state index is 0.0416. The van der Waals surface area contributed by atoms with Crippen LogP contribution in [0.15, 0.2) is 41.4 Å². The first-order valence-electron chi connectivity index (χ1n) is 8.01. The van der Waals surface area contributed by atoms with Gasteiger partial charge in [0, 0.05) is 6.20 Å². The predicted octanol–water partition coefficient (Wildman–Crippen LogP) is 2.35. The van der Waals surface area contributed by atoms with E-state index in [9.17, 15) is 22.4 Å². The maximum absolute atomic E-state index is 13.6. The van der Waals surface area contributed by atoms with Gasteiger partial charge in [-0.1, -0.05) is 0 Å². The van der Waals surface area contributed by atoms with Crippen molar-refractivity contribution in [2.24, 2.45) is 0 Å². The zero-order chi connectivity index (χ0) is 19.8. The minimum atomic E-state index is -4.30. The van der Waals surface area contributed by atoms with Crippen LogP contribution in [0.5, 0.6) is 0 Å². The van der Waals surface area contributed by atoms with Crippen LogP contribution in [0.2, 0.25) is 0 Å². The molecule has 10 heteroatoms. The third-order valence-electron chi connectivity index (χ3n) is 3.91. The highest BCUT2D eigenvalue weighted by molar-refractivity contribution is 7.90. The Labute approximate surface area is 155 Å². The van der Waals surface area contributed by atoms with Crippen molar-refractivity contribution < 1.29 is 27.1 Å². The summed E-state index contributed by atoms with van der Waals surface area (Å²) in [6, 6.07) is 5.58. The Morgan fingerprint density at radius 2 is 2.04 bits per heavy atom. The molecule has 1 aliphatic heterocycles. The Morgan fingerprint density at radius 3 is 2.70 bits per heavy atom. The van der Waals surface area contributed by atoms with E-state index >= 15 is 0 Å². The first-order chi connectivity index (χ1) is 12.8. The molecule has 2 heterocycles. The molecule has 8 nitrogen and oxygen atoms in total. The number of ether oxygens (including phenoxy) is 1. The lowest BCUT2D eigenvalue weighted by Gasteiger charge is -2.34. The summed E-state index contributed by atoms with van der Waals surface area (Å²) in [5.41, 5.74) is 0.491. The highest BCUT2D eigenvalue weighted by Gasteiger charge is 2.44. The molecule has 1 aromatic carbocycles. The number of urea groups is 1. The van der Waals surface area contributed by atoms with Gasteiger partial charge in [-0.05, 0) is 49.7 Å². The van der Waals surface area contributed by atoms with E-state index in [2.05, 4.69) is 4.98 Å². The smallest absolute Gasteiger partial charge is 0.344 e. The van der Waals surface area contributed by atoms with Crippen LogP contribution in [0.4, 0.5) is 20.7 Å². The summed E-state index contributed by atoms with van der Waals surface area (Å²) in [5, 5.41) is 0. The molecular formula is C17H16FN3O5S. The zero-order valence-electron chi connectivity index (χ0n) is 14.5. The van der Waals surface area contributed by atoms with E-state index in [1.54, 1.807) is 6.92 Å². The number of nitrogens with zero attached hydrogens (tertiary/aromatic N) is 3. The van der Waals surface area contributed by atoms with Crippen molar-refractivity contribution in [3.05, 3.63) is 47.9 Å². The number of rotatable bonds is 4. The van der Waals surface area contributed by atoms with Gasteiger partial charge in [0.2, 0.25) is 0 Å². The molecule has 0 fully saturated rings. The van der Waals surface area contributed by atoms with Gasteiger partial charge in [-0.3, -0.25) is 4.79 Å². The average Bonchev–Trinajstić information content (AvgIpc) is 2.62. The van der Waals surface area contributed by atoms with Gasteiger partial charge >= 0.3 is 12.0 Å². The third-order valence-corrected chi connectivity index (χ3v) is 5.65. The molecule has 0 bridgehead atoms. The lowest BCUT2D eigenvalue weighted by Crippen LogP contribution is -2.51. The topological polar surface area (TPSA) is 96.9 Å². The van der Waals surface area contributed by atoms with Crippen molar-refractivity contribution in [3.8, 4) is 0 Å². The number of amides is 2. The highest BCUT2D eigenvalue weighted by Crippen LogP contribution is 2.37. The predicted molar refractivity (Wildman–Crippen MR) is 93.4 cm³/mol. The molecule has 0 saturated heterocycles. The normalized spacial score (nSPS) is 15.4. The number of carbonyl (C=O) groups excluding carboxylic acids is 2. The van der Waals surface area contributed by atoms with Crippen LogP contribution < -0.4 is 4.90 Å². The van der Waals surface area contributed by atoms with Gasteiger partial charge in [-0.25, -0.2) is 31.8 Å². The van der Waals surface area contributed by atoms with Crippen LogP contribution in [0.3, 0.4) is 0 Å². The molecule has 2 aromatic rings. The number of sulfonamides is 1. The zero-order valence-corrected chi connectivity index (χ0v) is 15.4. The Morgan fingerprint density at radius 1 is 1.30 bits per heavy atom. The third kappa shape index (κ3) is 3.23. The molecule has 27 heavy (non-hydrogen) atoms. The van der Waals surface area contributed by atoms with Crippen molar-refractivity contribution >= 4 is 33.5 Å². The molecular weight excluding hydrogens is 377 g/mol. The molecule has 142 valence electrons. The van der Waals surface area contributed by atoms with E-state index in [0.717, 1.165) is 4.90 Å². The molecule has 0 aliphatic carbocycles. The summed E-state index contributed by atoms with van der Waals surface area (Å²) in [6.45, 7) is 2.34. The van der Waals surface area contributed by atoms with Crippen molar-refractivity contribution in [3.63, 3.8) is 0 Å². The molecule has 2 amide bonds. The van der Waals surface area contributed by atoms with Gasteiger partial charge < -0.3 is 4.74 Å². The van der Waals surface area contributed by atoms with Gasteiger partial charge in [-0.2, -0.15) is 0 Å². The number of benzene rings is 1. The van der Waals surface area contributed by atoms with Gasteiger partial charge in [-0.15, -0.1) is 0 Å². The SMILES string of the molecule is CCOC(=O)CN1C(=O)N(c2ccc(F)c(C)c2)c2ncccc2S1(=O)=O. The molecule has 0 spiro atoms. The summed E-state index contributed by atoms with van der Waals surface area (Å²) in [5.74, 6) is -1.45. The van der Waals surface area contributed by atoms with E-state index in [0.29, 0.717) is 4.31 Å². The second-order valence-electron chi connectivity index (χ2n) is 5.69. The second-order valence-corrected chi connectivity index (χ2v) is 7.52. The Kier molecular flexibility index (Phi) is 4.83. The van der Waals surface area contributed by atoms with Crippen LogP contribution in [-0.4, -0.2) is 42.9 Å². The van der Waals surface area contributed by atoms with Crippen molar-refractivity contribution in [1.82, 2.24) is 9.29 Å². The molecule has 3 rings (SSSR count). The lowest BCUT2D eigenvalue weighted by atomic mass is 10.2. The number of anilines is 2. The van der Waals surface area contributed by atoms with Gasteiger partial charge in [0.05, 0.1) is 12.3 Å². The monoisotopic (exact) mass is 393 g/mol. The standard InChI is InChI=1S/C17H16FN3O5S/c1-3-26-15(22)10-20-17(23)21(12-6-7-13(18)11(2)9-12)16-14(27(20,24)25)5-4-8-19-16/h4-9H,3,10H2,1-2H3. The van der Waals surface area contributed by atoms with E-state index in [1.807, 2.05) is 0 Å². The largest absolute Gasteiger partial charge is 0.465 e. The van der Waals surface area contributed by atoms with Crippen LogP contribution in [0, 0.1) is 12.7 Å². The van der Waals surface area contributed by atoms with Crippen molar-refractivity contribution in [2.45, 2.75) is 18.7 Å². The molecule has 0 unspecified atom stereocenters. The summed E-state index contributed by atoms with van der Waals surface area (Å²) < 4.78 is 44.5. The van der Waals surface area contributed by atoms with Gasteiger partial charge in [0.25, 0.3) is 10.0 Å². The number of hydrogen-bond acceptors (Lipinski definition) is 6. The first kappa shape index (κ1) is 18.8. The van der Waals surface area contributed by atoms with Crippen LogP contribution >= 0.6 is 0 Å². The average molecular weight is 393 g/mol. The Hall–Kier alpha value is -3.01. The molecule has 0 radical (unpaired) electrons. The van der Waals surface area contributed by atoms with E-state index in [-0.39, 0.29) is 28.6 Å². The lowest BCUT2D eigenvalue weighted by molar-refractivity contribution is -0.142. The van der Waals surface area contributed by atoms with E-state index in [4.69, 9.17) is 4.74 Å². The molecule has 0 N–H and O–H groups in total. The summed E-state index contributed by atoms with van der Waals surface area (Å²) in [7, 11) is -4.30. The number of esters is 1. The van der Waals surface area contributed by atoms with Crippen molar-refractivity contribution in [1.29, 1.82) is 0 Å². The molecule has 0 saturated carbocycles. The number of carbonyl (C=O) groups is 2. The van der Waals surface area contributed by atoms with Crippen molar-refractivity contribution in [2.75, 3.05) is 18.1 Å². The number of fused-ring (bicyclic) bond motifs is 1. The van der Waals surface area contributed by atoms with Crippen LogP contribution in [0.25, 0.3) is 0 Å². The maximum Gasteiger partial charge on any atom is 0.344 e.